The summed E-state index contributed by atoms with van der Waals surface area (Å²) in [7, 11) is 1.80. The molecule has 0 aromatic heterocycles. The standard InChI is InChI=1S/C26H35NO2/c1-4-25(28-3)19-17-22(2)13-9-6-5-7-12-16-24-21-29-26(27-24)20-18-23-14-10-8-11-15-23/h6,8-16,18,20,24-25H,4-5,7,17,19,21H2,1-3H3/b9-6+,16-12-,20-18+,22-13+/t24-,25+/m1/s1. The Morgan fingerprint density at radius 3 is 2.76 bits per heavy atom. The normalized spacial score (nSPS) is 18.7. The van der Waals surface area contributed by atoms with Gasteiger partial charge in [0.2, 0.25) is 5.90 Å². The molecular weight excluding hydrogens is 358 g/mol. The van der Waals surface area contributed by atoms with Crippen LogP contribution < -0.4 is 0 Å². The Bertz CT molecular complexity index is 724. The molecule has 1 aliphatic rings. The van der Waals surface area contributed by atoms with Crippen LogP contribution in [0.25, 0.3) is 6.08 Å². The number of hydrogen-bond donors (Lipinski definition) is 0. The molecule has 0 amide bonds. The molecule has 0 spiro atoms. The van der Waals surface area contributed by atoms with Gasteiger partial charge in [-0.15, -0.1) is 0 Å². The number of methoxy groups -OCH3 is 1. The number of rotatable bonds is 12. The fraction of sp³-hybridized carbons (Fsp3) is 0.423. The van der Waals surface area contributed by atoms with Gasteiger partial charge in [-0.1, -0.05) is 73.2 Å². The van der Waals surface area contributed by atoms with Gasteiger partial charge < -0.3 is 9.47 Å². The Hall–Kier alpha value is -2.39. The third-order valence-corrected chi connectivity index (χ3v) is 4.94. The van der Waals surface area contributed by atoms with E-state index in [0.29, 0.717) is 18.6 Å². The minimum Gasteiger partial charge on any atom is -0.475 e. The van der Waals surface area contributed by atoms with Crippen molar-refractivity contribution in [3.63, 3.8) is 0 Å². The summed E-state index contributed by atoms with van der Waals surface area (Å²) in [6.07, 6.45) is 20.6. The first-order chi connectivity index (χ1) is 14.2. The van der Waals surface area contributed by atoms with Gasteiger partial charge >= 0.3 is 0 Å². The topological polar surface area (TPSA) is 30.8 Å². The molecule has 1 aromatic rings. The van der Waals surface area contributed by atoms with Crippen molar-refractivity contribution >= 4 is 12.0 Å². The first kappa shape index (κ1) is 22.9. The van der Waals surface area contributed by atoms with Gasteiger partial charge in [-0.3, -0.25) is 0 Å². The highest BCUT2D eigenvalue weighted by Crippen LogP contribution is 2.12. The van der Waals surface area contributed by atoms with E-state index in [0.717, 1.165) is 37.7 Å². The first-order valence-electron chi connectivity index (χ1n) is 10.7. The summed E-state index contributed by atoms with van der Waals surface area (Å²) in [4.78, 5) is 4.59. The second kappa shape index (κ2) is 13.7. The second-order valence-electron chi connectivity index (χ2n) is 7.34. The summed E-state index contributed by atoms with van der Waals surface area (Å²) < 4.78 is 11.1. The lowest BCUT2D eigenvalue weighted by molar-refractivity contribution is 0.0924. The number of allylic oxidation sites excluding steroid dienone is 5. The molecule has 0 radical (unpaired) electrons. The van der Waals surface area contributed by atoms with Crippen molar-refractivity contribution in [2.75, 3.05) is 13.7 Å². The predicted octanol–water partition coefficient (Wildman–Crippen LogP) is 6.54. The maximum Gasteiger partial charge on any atom is 0.209 e. The molecule has 0 saturated heterocycles. The summed E-state index contributed by atoms with van der Waals surface area (Å²) in [5.74, 6) is 0.711. The third kappa shape index (κ3) is 9.58. The molecular formula is C26H35NO2. The highest BCUT2D eigenvalue weighted by Gasteiger charge is 2.13. The van der Waals surface area contributed by atoms with E-state index in [-0.39, 0.29) is 6.04 Å². The summed E-state index contributed by atoms with van der Waals surface area (Å²) in [5.41, 5.74) is 2.55. The Labute approximate surface area is 176 Å². The highest BCUT2D eigenvalue weighted by atomic mass is 16.5. The van der Waals surface area contributed by atoms with E-state index in [1.165, 1.54) is 5.57 Å². The monoisotopic (exact) mass is 393 g/mol. The van der Waals surface area contributed by atoms with Gasteiger partial charge in [0.25, 0.3) is 0 Å². The van der Waals surface area contributed by atoms with Gasteiger partial charge in [0.1, 0.15) is 12.6 Å². The van der Waals surface area contributed by atoms with Gasteiger partial charge in [-0.05, 0) is 50.7 Å². The predicted molar refractivity (Wildman–Crippen MR) is 124 cm³/mol. The van der Waals surface area contributed by atoms with Crippen LogP contribution in [0.15, 0.2) is 77.4 Å². The lowest BCUT2D eigenvalue weighted by atomic mass is 10.1. The van der Waals surface area contributed by atoms with Crippen molar-refractivity contribution in [3.05, 3.63) is 77.9 Å². The molecule has 3 nitrogen and oxygen atoms in total. The van der Waals surface area contributed by atoms with Gasteiger partial charge in [0, 0.05) is 13.2 Å². The molecule has 0 bridgehead atoms. The van der Waals surface area contributed by atoms with Gasteiger partial charge in [0.05, 0.1) is 6.10 Å². The van der Waals surface area contributed by atoms with Crippen LogP contribution in [-0.4, -0.2) is 31.8 Å². The van der Waals surface area contributed by atoms with Gasteiger partial charge in [0.15, 0.2) is 0 Å². The molecule has 0 saturated carbocycles. The molecule has 0 N–H and O–H groups in total. The van der Waals surface area contributed by atoms with E-state index >= 15 is 0 Å². The van der Waals surface area contributed by atoms with E-state index in [2.05, 4.69) is 61.4 Å². The zero-order valence-electron chi connectivity index (χ0n) is 18.1. The van der Waals surface area contributed by atoms with Crippen molar-refractivity contribution in [2.24, 2.45) is 4.99 Å². The molecule has 2 rings (SSSR count). The smallest absolute Gasteiger partial charge is 0.209 e. The number of benzene rings is 1. The van der Waals surface area contributed by atoms with Crippen molar-refractivity contribution < 1.29 is 9.47 Å². The Kier molecular flexibility index (Phi) is 10.8. The number of nitrogens with zero attached hydrogens (tertiary/aromatic N) is 1. The van der Waals surface area contributed by atoms with Crippen molar-refractivity contribution in [2.45, 2.75) is 58.1 Å². The van der Waals surface area contributed by atoms with E-state index in [9.17, 15) is 0 Å². The third-order valence-electron chi connectivity index (χ3n) is 4.94. The molecule has 0 fully saturated rings. The zero-order valence-corrected chi connectivity index (χ0v) is 18.1. The number of hydrogen-bond acceptors (Lipinski definition) is 3. The SMILES string of the molecule is CC[C@@H](CC/C(C)=C/C=C/CC/C=C\[C@@H]1COC(/C=C/c2ccccc2)=N1)OC. The Morgan fingerprint density at radius 1 is 1.21 bits per heavy atom. The van der Waals surface area contributed by atoms with Crippen LogP contribution >= 0.6 is 0 Å². The van der Waals surface area contributed by atoms with Gasteiger partial charge in [-0.25, -0.2) is 4.99 Å². The van der Waals surface area contributed by atoms with E-state index in [1.54, 1.807) is 7.11 Å². The summed E-state index contributed by atoms with van der Waals surface area (Å²) >= 11 is 0. The molecule has 156 valence electrons. The zero-order chi connectivity index (χ0) is 20.7. The highest BCUT2D eigenvalue weighted by molar-refractivity contribution is 5.93. The number of unbranched alkanes of at least 4 members (excludes halogenated alkanes) is 1. The largest absolute Gasteiger partial charge is 0.475 e. The van der Waals surface area contributed by atoms with E-state index < -0.39 is 0 Å². The van der Waals surface area contributed by atoms with Crippen LogP contribution in [0.1, 0.15) is 51.5 Å². The summed E-state index contributed by atoms with van der Waals surface area (Å²) in [5, 5.41) is 0. The van der Waals surface area contributed by atoms with Crippen LogP contribution in [0, 0.1) is 0 Å². The molecule has 1 heterocycles. The van der Waals surface area contributed by atoms with Crippen molar-refractivity contribution in [1.29, 1.82) is 0 Å². The molecule has 1 aromatic carbocycles. The Balaban J connectivity index is 1.65. The lowest BCUT2D eigenvalue weighted by Gasteiger charge is -2.12. The molecule has 0 unspecified atom stereocenters. The molecule has 29 heavy (non-hydrogen) atoms. The molecule has 2 atom stereocenters. The Morgan fingerprint density at radius 2 is 2.00 bits per heavy atom. The van der Waals surface area contributed by atoms with Crippen molar-refractivity contribution in [1.82, 2.24) is 0 Å². The van der Waals surface area contributed by atoms with E-state index in [1.807, 2.05) is 30.4 Å². The summed E-state index contributed by atoms with van der Waals surface area (Å²) in [6.45, 7) is 4.99. The quantitative estimate of drug-likeness (QED) is 0.229. The maximum absolute atomic E-state index is 5.65. The fourth-order valence-corrected chi connectivity index (χ4v) is 3.07. The van der Waals surface area contributed by atoms with E-state index in [4.69, 9.17) is 9.47 Å². The fourth-order valence-electron chi connectivity index (χ4n) is 3.07. The maximum atomic E-state index is 5.65. The van der Waals surface area contributed by atoms with Gasteiger partial charge in [-0.2, -0.15) is 0 Å². The average molecular weight is 394 g/mol. The first-order valence-corrected chi connectivity index (χ1v) is 10.7. The number of aliphatic imine (C=N–C) groups is 1. The molecule has 0 aliphatic carbocycles. The van der Waals surface area contributed by atoms with Crippen LogP contribution in [0.2, 0.25) is 0 Å². The van der Waals surface area contributed by atoms with Crippen LogP contribution in [0.3, 0.4) is 0 Å². The second-order valence-corrected chi connectivity index (χ2v) is 7.34. The summed E-state index contributed by atoms with van der Waals surface area (Å²) in [6, 6.07) is 10.3. The lowest BCUT2D eigenvalue weighted by Crippen LogP contribution is -2.08. The van der Waals surface area contributed by atoms with Crippen LogP contribution in [-0.2, 0) is 9.47 Å². The van der Waals surface area contributed by atoms with Crippen LogP contribution in [0.5, 0.6) is 0 Å². The average Bonchev–Trinajstić information content (AvgIpc) is 3.21. The molecule has 1 aliphatic heterocycles. The molecule has 3 heteroatoms. The minimum absolute atomic E-state index is 0.129. The minimum atomic E-state index is 0.129. The van der Waals surface area contributed by atoms with Crippen LogP contribution in [0.4, 0.5) is 0 Å². The van der Waals surface area contributed by atoms with Crippen molar-refractivity contribution in [3.8, 4) is 0 Å². The number of ether oxygens (including phenoxy) is 2.